The highest BCUT2D eigenvalue weighted by Gasteiger charge is 2.18. The molecule has 1 saturated carbocycles. The van der Waals surface area contributed by atoms with Gasteiger partial charge in [-0.05, 0) is 31.6 Å². The van der Waals surface area contributed by atoms with Crippen molar-refractivity contribution in [1.29, 1.82) is 0 Å². The SMILES string of the molecule is Cc1cc(NCC2CCCC(C)C2)ncn1. The van der Waals surface area contributed by atoms with Crippen LogP contribution in [0.25, 0.3) is 0 Å². The number of nitrogens with zero attached hydrogens (tertiary/aromatic N) is 2. The molecule has 2 atom stereocenters. The molecule has 0 aliphatic heterocycles. The van der Waals surface area contributed by atoms with Gasteiger partial charge in [0.25, 0.3) is 0 Å². The second kappa shape index (κ2) is 5.28. The van der Waals surface area contributed by atoms with Gasteiger partial charge in [-0.2, -0.15) is 0 Å². The lowest BCUT2D eigenvalue weighted by Crippen LogP contribution is -2.21. The Bertz CT molecular complexity index is 338. The maximum atomic E-state index is 4.22. The lowest BCUT2D eigenvalue weighted by molar-refractivity contribution is 0.293. The molecule has 1 aliphatic rings. The molecule has 16 heavy (non-hydrogen) atoms. The first-order valence-electron chi connectivity index (χ1n) is 6.26. The fourth-order valence-electron chi connectivity index (χ4n) is 2.55. The summed E-state index contributed by atoms with van der Waals surface area (Å²) >= 11 is 0. The molecule has 2 unspecified atom stereocenters. The van der Waals surface area contributed by atoms with E-state index in [4.69, 9.17) is 0 Å². The zero-order valence-corrected chi connectivity index (χ0v) is 10.2. The summed E-state index contributed by atoms with van der Waals surface area (Å²) in [5.41, 5.74) is 1.02. The van der Waals surface area contributed by atoms with E-state index in [-0.39, 0.29) is 0 Å². The van der Waals surface area contributed by atoms with Gasteiger partial charge in [-0.3, -0.25) is 0 Å². The molecule has 0 bridgehead atoms. The Hall–Kier alpha value is -1.12. The molecule has 0 spiro atoms. The predicted molar refractivity (Wildman–Crippen MR) is 66.4 cm³/mol. The quantitative estimate of drug-likeness (QED) is 0.849. The van der Waals surface area contributed by atoms with Crippen molar-refractivity contribution in [2.45, 2.75) is 39.5 Å². The Morgan fingerprint density at radius 3 is 3.00 bits per heavy atom. The summed E-state index contributed by atoms with van der Waals surface area (Å²) in [6.45, 7) is 5.41. The van der Waals surface area contributed by atoms with Gasteiger partial charge in [0.1, 0.15) is 12.1 Å². The van der Waals surface area contributed by atoms with Crippen LogP contribution in [0.4, 0.5) is 5.82 Å². The third-order valence-corrected chi connectivity index (χ3v) is 3.42. The van der Waals surface area contributed by atoms with E-state index in [1.807, 2.05) is 13.0 Å². The van der Waals surface area contributed by atoms with Gasteiger partial charge in [0.05, 0.1) is 0 Å². The van der Waals surface area contributed by atoms with Crippen molar-refractivity contribution in [3.05, 3.63) is 18.1 Å². The molecule has 2 rings (SSSR count). The first-order valence-corrected chi connectivity index (χ1v) is 6.26. The number of hydrogen-bond acceptors (Lipinski definition) is 3. The zero-order chi connectivity index (χ0) is 11.4. The molecular formula is C13H21N3. The predicted octanol–water partition coefficient (Wildman–Crippen LogP) is 3.02. The highest BCUT2D eigenvalue weighted by molar-refractivity contribution is 5.34. The van der Waals surface area contributed by atoms with Gasteiger partial charge < -0.3 is 5.32 Å². The maximum Gasteiger partial charge on any atom is 0.129 e. The number of aryl methyl sites for hydroxylation is 1. The fourth-order valence-corrected chi connectivity index (χ4v) is 2.55. The summed E-state index contributed by atoms with van der Waals surface area (Å²) in [7, 11) is 0. The molecule has 3 heteroatoms. The molecule has 88 valence electrons. The zero-order valence-electron chi connectivity index (χ0n) is 10.2. The third-order valence-electron chi connectivity index (χ3n) is 3.42. The average Bonchev–Trinajstić information content (AvgIpc) is 2.27. The summed E-state index contributed by atoms with van der Waals surface area (Å²) in [6.07, 6.45) is 7.14. The largest absolute Gasteiger partial charge is 0.370 e. The molecular weight excluding hydrogens is 198 g/mol. The van der Waals surface area contributed by atoms with Crippen molar-refractivity contribution in [2.75, 3.05) is 11.9 Å². The second-order valence-electron chi connectivity index (χ2n) is 5.06. The number of rotatable bonds is 3. The summed E-state index contributed by atoms with van der Waals surface area (Å²) in [4.78, 5) is 8.32. The molecule has 1 aliphatic carbocycles. The number of nitrogens with one attached hydrogen (secondary N) is 1. The van der Waals surface area contributed by atoms with E-state index >= 15 is 0 Å². The minimum Gasteiger partial charge on any atom is -0.370 e. The lowest BCUT2D eigenvalue weighted by Gasteiger charge is -2.26. The highest BCUT2D eigenvalue weighted by Crippen LogP contribution is 2.28. The van der Waals surface area contributed by atoms with E-state index in [9.17, 15) is 0 Å². The van der Waals surface area contributed by atoms with Crippen molar-refractivity contribution in [3.8, 4) is 0 Å². The minimum atomic E-state index is 0.819. The number of anilines is 1. The van der Waals surface area contributed by atoms with Crippen LogP contribution in [0.2, 0.25) is 0 Å². The Morgan fingerprint density at radius 2 is 2.25 bits per heavy atom. The molecule has 0 saturated heterocycles. The summed E-state index contributed by atoms with van der Waals surface area (Å²) < 4.78 is 0. The van der Waals surface area contributed by atoms with E-state index in [1.165, 1.54) is 25.7 Å². The average molecular weight is 219 g/mol. The molecule has 1 heterocycles. The van der Waals surface area contributed by atoms with Gasteiger partial charge in [0, 0.05) is 18.3 Å². The van der Waals surface area contributed by atoms with E-state index in [0.29, 0.717) is 0 Å². The van der Waals surface area contributed by atoms with Crippen molar-refractivity contribution in [3.63, 3.8) is 0 Å². The van der Waals surface area contributed by atoms with Crippen molar-refractivity contribution in [2.24, 2.45) is 11.8 Å². The normalized spacial score (nSPS) is 25.4. The second-order valence-corrected chi connectivity index (χ2v) is 5.06. The maximum absolute atomic E-state index is 4.22. The van der Waals surface area contributed by atoms with Crippen LogP contribution in [0.1, 0.15) is 38.3 Å². The molecule has 1 fully saturated rings. The van der Waals surface area contributed by atoms with Crippen molar-refractivity contribution >= 4 is 5.82 Å². The Labute approximate surface area is 97.7 Å². The molecule has 0 radical (unpaired) electrons. The Kier molecular flexibility index (Phi) is 3.75. The third kappa shape index (κ3) is 3.19. The van der Waals surface area contributed by atoms with Crippen LogP contribution in [0.3, 0.4) is 0 Å². The Balaban J connectivity index is 1.82. The summed E-state index contributed by atoms with van der Waals surface area (Å²) in [5.74, 6) is 2.68. The van der Waals surface area contributed by atoms with Crippen LogP contribution in [0.5, 0.6) is 0 Å². The van der Waals surface area contributed by atoms with Crippen LogP contribution in [0, 0.1) is 18.8 Å². The van der Waals surface area contributed by atoms with Gasteiger partial charge in [0.2, 0.25) is 0 Å². The topological polar surface area (TPSA) is 37.8 Å². The van der Waals surface area contributed by atoms with E-state index < -0.39 is 0 Å². The molecule has 3 nitrogen and oxygen atoms in total. The summed E-state index contributed by atoms with van der Waals surface area (Å²) in [5, 5.41) is 3.42. The van der Waals surface area contributed by atoms with Gasteiger partial charge in [-0.1, -0.05) is 19.8 Å². The molecule has 1 aromatic heterocycles. The first kappa shape index (κ1) is 11.4. The van der Waals surface area contributed by atoms with Crippen LogP contribution >= 0.6 is 0 Å². The van der Waals surface area contributed by atoms with Crippen LogP contribution in [-0.4, -0.2) is 16.5 Å². The molecule has 1 N–H and O–H groups in total. The molecule has 1 aromatic rings. The van der Waals surface area contributed by atoms with Crippen molar-refractivity contribution < 1.29 is 0 Å². The molecule has 0 amide bonds. The standard InChI is InChI=1S/C13H21N3/c1-10-4-3-5-12(6-10)8-14-13-7-11(2)15-9-16-13/h7,9-10,12H,3-6,8H2,1-2H3,(H,14,15,16). The van der Waals surface area contributed by atoms with Gasteiger partial charge in [0.15, 0.2) is 0 Å². The Morgan fingerprint density at radius 1 is 1.38 bits per heavy atom. The number of aromatic nitrogens is 2. The summed E-state index contributed by atoms with van der Waals surface area (Å²) in [6, 6.07) is 2.01. The highest BCUT2D eigenvalue weighted by atomic mass is 15.0. The monoisotopic (exact) mass is 219 g/mol. The van der Waals surface area contributed by atoms with Gasteiger partial charge >= 0.3 is 0 Å². The lowest BCUT2D eigenvalue weighted by atomic mass is 9.82. The van der Waals surface area contributed by atoms with Crippen LogP contribution in [-0.2, 0) is 0 Å². The van der Waals surface area contributed by atoms with Gasteiger partial charge in [-0.25, -0.2) is 9.97 Å². The smallest absolute Gasteiger partial charge is 0.129 e. The van der Waals surface area contributed by atoms with E-state index in [0.717, 1.165) is 29.9 Å². The fraction of sp³-hybridized carbons (Fsp3) is 0.692. The van der Waals surface area contributed by atoms with Crippen LogP contribution < -0.4 is 5.32 Å². The minimum absolute atomic E-state index is 0.819. The van der Waals surface area contributed by atoms with Gasteiger partial charge in [-0.15, -0.1) is 0 Å². The van der Waals surface area contributed by atoms with E-state index in [2.05, 4.69) is 22.2 Å². The number of hydrogen-bond donors (Lipinski definition) is 1. The van der Waals surface area contributed by atoms with E-state index in [1.54, 1.807) is 6.33 Å². The first-order chi connectivity index (χ1) is 7.74. The molecule has 0 aromatic carbocycles. The van der Waals surface area contributed by atoms with Crippen LogP contribution in [0.15, 0.2) is 12.4 Å². The van der Waals surface area contributed by atoms with Crippen molar-refractivity contribution in [1.82, 2.24) is 9.97 Å².